The molecule has 0 radical (unpaired) electrons. The molecular formula is C12H14ClN3O3. The molecule has 0 spiro atoms. The molecule has 2 rings (SSSR count). The van der Waals surface area contributed by atoms with Crippen molar-refractivity contribution in [2.75, 3.05) is 25.1 Å². The molecule has 3 N–H and O–H groups in total. The highest BCUT2D eigenvalue weighted by molar-refractivity contribution is 6.31. The van der Waals surface area contributed by atoms with Gasteiger partial charge in [0.25, 0.3) is 5.56 Å². The fourth-order valence-electron chi connectivity index (χ4n) is 1.83. The van der Waals surface area contributed by atoms with Crippen LogP contribution in [0.1, 0.15) is 0 Å². The van der Waals surface area contributed by atoms with E-state index in [0.717, 1.165) is 0 Å². The molecule has 1 heterocycles. The fraction of sp³-hybridized carbons (Fsp3) is 0.333. The number of rotatable bonds is 5. The minimum absolute atomic E-state index is 0.0322. The van der Waals surface area contributed by atoms with Gasteiger partial charge < -0.3 is 15.5 Å². The summed E-state index contributed by atoms with van der Waals surface area (Å²) in [5, 5.41) is 21.5. The molecule has 0 atom stereocenters. The van der Waals surface area contributed by atoms with E-state index in [1.165, 1.54) is 10.9 Å². The van der Waals surface area contributed by atoms with Gasteiger partial charge in [-0.15, -0.1) is 0 Å². The number of hydrogen-bond acceptors (Lipinski definition) is 5. The first-order chi connectivity index (χ1) is 9.17. The quantitative estimate of drug-likeness (QED) is 0.741. The SMILES string of the molecule is O=c1c2cc(Cl)cc(NCCO)c2ncn1CCO. The average molecular weight is 284 g/mol. The number of aliphatic hydroxyl groups excluding tert-OH is 2. The lowest BCUT2D eigenvalue weighted by molar-refractivity contribution is 0.274. The second kappa shape index (κ2) is 6.01. The van der Waals surface area contributed by atoms with E-state index in [1.807, 2.05) is 0 Å². The summed E-state index contributed by atoms with van der Waals surface area (Å²) in [4.78, 5) is 16.4. The molecule has 6 nitrogen and oxygen atoms in total. The van der Waals surface area contributed by atoms with Gasteiger partial charge in [0.1, 0.15) is 5.52 Å². The van der Waals surface area contributed by atoms with Crippen LogP contribution in [-0.2, 0) is 6.54 Å². The van der Waals surface area contributed by atoms with Gasteiger partial charge in [-0.3, -0.25) is 9.36 Å². The van der Waals surface area contributed by atoms with Crippen molar-refractivity contribution in [1.29, 1.82) is 0 Å². The summed E-state index contributed by atoms with van der Waals surface area (Å²) >= 11 is 5.98. The molecule has 0 amide bonds. The maximum atomic E-state index is 12.2. The molecule has 0 bridgehead atoms. The van der Waals surface area contributed by atoms with E-state index in [4.69, 9.17) is 21.8 Å². The van der Waals surface area contributed by atoms with Crippen molar-refractivity contribution >= 4 is 28.2 Å². The number of aliphatic hydroxyl groups is 2. The highest BCUT2D eigenvalue weighted by atomic mass is 35.5. The molecule has 0 unspecified atom stereocenters. The highest BCUT2D eigenvalue weighted by Gasteiger charge is 2.09. The first-order valence-electron chi connectivity index (χ1n) is 5.81. The lowest BCUT2D eigenvalue weighted by Crippen LogP contribution is -2.22. The smallest absolute Gasteiger partial charge is 0.261 e. The molecule has 2 aromatic rings. The number of hydrogen-bond donors (Lipinski definition) is 3. The van der Waals surface area contributed by atoms with E-state index in [1.54, 1.807) is 12.1 Å². The summed E-state index contributed by atoms with van der Waals surface area (Å²) in [6, 6.07) is 3.20. The van der Waals surface area contributed by atoms with Gasteiger partial charge in [0.2, 0.25) is 0 Å². The van der Waals surface area contributed by atoms with Crippen molar-refractivity contribution < 1.29 is 10.2 Å². The summed E-state index contributed by atoms with van der Waals surface area (Å²) in [6.45, 7) is 0.364. The van der Waals surface area contributed by atoms with E-state index in [-0.39, 0.29) is 25.3 Å². The monoisotopic (exact) mass is 283 g/mol. The normalized spacial score (nSPS) is 10.9. The molecule has 0 aliphatic rings. The molecule has 7 heteroatoms. The molecule has 1 aromatic carbocycles. The van der Waals surface area contributed by atoms with Gasteiger partial charge >= 0.3 is 0 Å². The molecular weight excluding hydrogens is 270 g/mol. The molecule has 0 aliphatic heterocycles. The van der Waals surface area contributed by atoms with Gasteiger partial charge in [0.15, 0.2) is 0 Å². The summed E-state index contributed by atoms with van der Waals surface area (Å²) in [5.74, 6) is 0. The molecule has 102 valence electrons. The predicted molar refractivity (Wildman–Crippen MR) is 73.7 cm³/mol. The minimum Gasteiger partial charge on any atom is -0.395 e. The van der Waals surface area contributed by atoms with E-state index >= 15 is 0 Å². The third-order valence-corrected chi connectivity index (χ3v) is 2.88. The Balaban J connectivity index is 2.60. The molecule has 0 aliphatic carbocycles. The van der Waals surface area contributed by atoms with Crippen LogP contribution in [0, 0.1) is 0 Å². The van der Waals surface area contributed by atoms with Crippen LogP contribution in [0.15, 0.2) is 23.3 Å². The van der Waals surface area contributed by atoms with E-state index in [0.29, 0.717) is 28.2 Å². The van der Waals surface area contributed by atoms with Crippen molar-refractivity contribution in [2.45, 2.75) is 6.54 Å². The molecule has 19 heavy (non-hydrogen) atoms. The Bertz CT molecular complexity index is 642. The number of anilines is 1. The number of aromatic nitrogens is 2. The Morgan fingerprint density at radius 2 is 2.11 bits per heavy atom. The van der Waals surface area contributed by atoms with Crippen molar-refractivity contribution in [3.63, 3.8) is 0 Å². The molecule has 0 saturated heterocycles. The number of fused-ring (bicyclic) bond motifs is 1. The standard InChI is InChI=1S/C12H14ClN3O3/c13-8-5-9-11(10(6-8)14-1-3-17)15-7-16(2-4-18)12(9)19/h5-7,14,17-18H,1-4H2. The summed E-state index contributed by atoms with van der Waals surface area (Å²) in [6.07, 6.45) is 1.39. The Morgan fingerprint density at radius 1 is 1.32 bits per heavy atom. The topological polar surface area (TPSA) is 87.4 Å². The predicted octanol–water partition coefficient (Wildman–Crippen LogP) is 0.446. The first-order valence-corrected chi connectivity index (χ1v) is 6.19. The van der Waals surface area contributed by atoms with Crippen LogP contribution < -0.4 is 10.9 Å². The van der Waals surface area contributed by atoms with Crippen molar-refractivity contribution in [2.24, 2.45) is 0 Å². The zero-order chi connectivity index (χ0) is 13.8. The van der Waals surface area contributed by atoms with Crippen molar-refractivity contribution in [3.8, 4) is 0 Å². The maximum Gasteiger partial charge on any atom is 0.261 e. The van der Waals surface area contributed by atoms with Gasteiger partial charge in [-0.2, -0.15) is 0 Å². The second-order valence-corrected chi connectivity index (χ2v) is 4.40. The van der Waals surface area contributed by atoms with E-state index in [9.17, 15) is 4.79 Å². The van der Waals surface area contributed by atoms with Crippen molar-refractivity contribution in [3.05, 3.63) is 33.8 Å². The Kier molecular flexibility index (Phi) is 4.36. The highest BCUT2D eigenvalue weighted by Crippen LogP contribution is 2.24. The van der Waals surface area contributed by atoms with Gasteiger partial charge in [-0.05, 0) is 12.1 Å². The third-order valence-electron chi connectivity index (χ3n) is 2.66. The Labute approximate surface area is 114 Å². The average Bonchev–Trinajstić information content (AvgIpc) is 2.40. The molecule has 0 fully saturated rings. The van der Waals surface area contributed by atoms with Crippen LogP contribution in [-0.4, -0.2) is 39.5 Å². The minimum atomic E-state index is -0.256. The number of nitrogens with one attached hydrogen (secondary N) is 1. The van der Waals surface area contributed by atoms with Crippen LogP contribution >= 0.6 is 11.6 Å². The largest absolute Gasteiger partial charge is 0.395 e. The molecule has 0 saturated carbocycles. The van der Waals surface area contributed by atoms with Gasteiger partial charge in [-0.25, -0.2) is 4.98 Å². The zero-order valence-electron chi connectivity index (χ0n) is 10.1. The Hall–Kier alpha value is -1.63. The third kappa shape index (κ3) is 2.86. The number of benzene rings is 1. The van der Waals surface area contributed by atoms with E-state index in [2.05, 4.69) is 10.3 Å². The van der Waals surface area contributed by atoms with Crippen molar-refractivity contribution in [1.82, 2.24) is 9.55 Å². The van der Waals surface area contributed by atoms with E-state index < -0.39 is 0 Å². The van der Waals surface area contributed by atoms with Crippen LogP contribution in [0.2, 0.25) is 5.02 Å². The summed E-state index contributed by atoms with van der Waals surface area (Å²) in [7, 11) is 0. The lowest BCUT2D eigenvalue weighted by atomic mass is 10.2. The first kappa shape index (κ1) is 13.8. The van der Waals surface area contributed by atoms with Crippen LogP contribution in [0.25, 0.3) is 10.9 Å². The summed E-state index contributed by atoms with van der Waals surface area (Å²) in [5.41, 5.74) is 0.843. The maximum absolute atomic E-state index is 12.2. The zero-order valence-corrected chi connectivity index (χ0v) is 10.9. The van der Waals surface area contributed by atoms with Gasteiger partial charge in [0, 0.05) is 11.6 Å². The second-order valence-electron chi connectivity index (χ2n) is 3.97. The fourth-order valence-corrected chi connectivity index (χ4v) is 2.05. The van der Waals surface area contributed by atoms with Gasteiger partial charge in [0.05, 0.1) is 37.2 Å². The lowest BCUT2D eigenvalue weighted by Gasteiger charge is -2.10. The number of nitrogens with zero attached hydrogens (tertiary/aromatic N) is 2. The van der Waals surface area contributed by atoms with Crippen LogP contribution in [0.4, 0.5) is 5.69 Å². The van der Waals surface area contributed by atoms with Gasteiger partial charge in [-0.1, -0.05) is 11.6 Å². The molecule has 1 aromatic heterocycles. The summed E-state index contributed by atoms with van der Waals surface area (Å²) < 4.78 is 1.33. The van der Waals surface area contributed by atoms with Crippen LogP contribution in [0.3, 0.4) is 0 Å². The number of halogens is 1. The Morgan fingerprint density at radius 3 is 2.79 bits per heavy atom. The van der Waals surface area contributed by atoms with Crippen LogP contribution in [0.5, 0.6) is 0 Å².